The number of nitrogens with one attached hydrogen (secondary N) is 2. The van der Waals surface area contributed by atoms with E-state index in [0.29, 0.717) is 17.3 Å². The minimum Gasteiger partial charge on any atom is -0.355 e. The van der Waals surface area contributed by atoms with Crippen LogP contribution in [0, 0.1) is 12.3 Å². The van der Waals surface area contributed by atoms with Crippen molar-refractivity contribution in [2.24, 2.45) is 5.41 Å². The predicted molar refractivity (Wildman–Crippen MR) is 81.9 cm³/mol. The number of hydrogen-bond donors (Lipinski definition) is 2. The van der Waals surface area contributed by atoms with Gasteiger partial charge in [-0.25, -0.2) is 0 Å². The molecule has 1 aromatic rings. The lowest BCUT2D eigenvalue weighted by Gasteiger charge is -2.17. The summed E-state index contributed by atoms with van der Waals surface area (Å²) in [5.74, 6) is -0.220. The summed E-state index contributed by atoms with van der Waals surface area (Å²) in [4.78, 5) is 23.4. The van der Waals surface area contributed by atoms with E-state index < -0.39 is 5.41 Å². The number of carbonyl (C=O) groups is 2. The fourth-order valence-electron chi connectivity index (χ4n) is 1.45. The predicted octanol–water partition coefficient (Wildman–Crippen LogP) is 3.14. The molecule has 0 atom stereocenters. The van der Waals surface area contributed by atoms with Gasteiger partial charge in [-0.05, 0) is 24.6 Å². The van der Waals surface area contributed by atoms with Crippen molar-refractivity contribution in [3.8, 4) is 0 Å². The quantitative estimate of drug-likeness (QED) is 0.897. The first-order chi connectivity index (χ1) is 9.20. The highest BCUT2D eigenvalue weighted by Gasteiger charge is 2.20. The zero-order valence-electron chi connectivity index (χ0n) is 12.3. The standard InChI is InChI=1S/C15H21ClN2O2/c1-10-5-6-11(9-12(10)16)18-13(19)7-8-17-14(20)15(2,3)4/h5-6,9H,7-8H2,1-4H3,(H,17,20)(H,18,19). The minimum atomic E-state index is -0.443. The van der Waals surface area contributed by atoms with Gasteiger partial charge in [0.15, 0.2) is 0 Å². The summed E-state index contributed by atoms with van der Waals surface area (Å²) in [7, 11) is 0. The molecular formula is C15H21ClN2O2. The van der Waals surface area contributed by atoms with Crippen molar-refractivity contribution < 1.29 is 9.59 Å². The number of hydrogen-bond acceptors (Lipinski definition) is 2. The number of carbonyl (C=O) groups excluding carboxylic acids is 2. The Morgan fingerprint density at radius 1 is 1.25 bits per heavy atom. The van der Waals surface area contributed by atoms with Gasteiger partial charge in [0.1, 0.15) is 0 Å². The van der Waals surface area contributed by atoms with E-state index in [0.717, 1.165) is 5.56 Å². The molecule has 110 valence electrons. The largest absolute Gasteiger partial charge is 0.355 e. The van der Waals surface area contributed by atoms with Crippen LogP contribution in [0.25, 0.3) is 0 Å². The van der Waals surface area contributed by atoms with E-state index in [1.54, 1.807) is 12.1 Å². The molecule has 5 heteroatoms. The molecule has 4 nitrogen and oxygen atoms in total. The molecule has 0 aromatic heterocycles. The number of benzene rings is 1. The van der Waals surface area contributed by atoms with Crippen molar-refractivity contribution in [2.75, 3.05) is 11.9 Å². The number of amides is 2. The molecule has 0 saturated carbocycles. The first kappa shape index (κ1) is 16.5. The first-order valence-corrected chi connectivity index (χ1v) is 6.92. The Morgan fingerprint density at radius 2 is 1.90 bits per heavy atom. The highest BCUT2D eigenvalue weighted by Crippen LogP contribution is 2.20. The van der Waals surface area contributed by atoms with Gasteiger partial charge in [0, 0.05) is 29.1 Å². The number of anilines is 1. The number of halogens is 1. The molecule has 0 saturated heterocycles. The molecule has 1 rings (SSSR count). The third kappa shape index (κ3) is 5.21. The molecule has 2 N–H and O–H groups in total. The lowest BCUT2D eigenvalue weighted by atomic mass is 9.96. The van der Waals surface area contributed by atoms with E-state index in [9.17, 15) is 9.59 Å². The van der Waals surface area contributed by atoms with Gasteiger partial charge in [-0.2, -0.15) is 0 Å². The van der Waals surface area contributed by atoms with Crippen LogP contribution in [-0.4, -0.2) is 18.4 Å². The van der Waals surface area contributed by atoms with Crippen LogP contribution in [-0.2, 0) is 9.59 Å². The average molecular weight is 297 g/mol. The lowest BCUT2D eigenvalue weighted by molar-refractivity contribution is -0.128. The Balaban J connectivity index is 2.41. The molecule has 0 heterocycles. The number of aryl methyl sites for hydroxylation is 1. The van der Waals surface area contributed by atoms with Crippen LogP contribution < -0.4 is 10.6 Å². The zero-order valence-corrected chi connectivity index (χ0v) is 13.1. The summed E-state index contributed by atoms with van der Waals surface area (Å²) in [6, 6.07) is 5.36. The van der Waals surface area contributed by atoms with Crippen molar-refractivity contribution in [3.05, 3.63) is 28.8 Å². The van der Waals surface area contributed by atoms with Crippen LogP contribution in [0.5, 0.6) is 0 Å². The average Bonchev–Trinajstić information content (AvgIpc) is 2.32. The van der Waals surface area contributed by atoms with Crippen molar-refractivity contribution in [2.45, 2.75) is 34.1 Å². The van der Waals surface area contributed by atoms with E-state index in [1.165, 1.54) is 0 Å². The Hall–Kier alpha value is -1.55. The Bertz CT molecular complexity index is 507. The monoisotopic (exact) mass is 296 g/mol. The minimum absolute atomic E-state index is 0.0660. The fourth-order valence-corrected chi connectivity index (χ4v) is 1.63. The van der Waals surface area contributed by atoms with Gasteiger partial charge in [0.05, 0.1) is 0 Å². The summed E-state index contributed by atoms with van der Waals surface area (Å²) in [5.41, 5.74) is 1.18. The molecular weight excluding hydrogens is 276 g/mol. The Morgan fingerprint density at radius 3 is 2.45 bits per heavy atom. The van der Waals surface area contributed by atoms with Crippen LogP contribution in [0.15, 0.2) is 18.2 Å². The smallest absolute Gasteiger partial charge is 0.226 e. The summed E-state index contributed by atoms with van der Waals surface area (Å²) < 4.78 is 0. The maximum absolute atomic E-state index is 11.7. The van der Waals surface area contributed by atoms with Crippen LogP contribution in [0.2, 0.25) is 5.02 Å². The summed E-state index contributed by atoms with van der Waals surface area (Å²) in [6.07, 6.45) is 0.229. The molecule has 0 unspecified atom stereocenters. The third-order valence-electron chi connectivity index (χ3n) is 2.77. The van der Waals surface area contributed by atoms with Gasteiger partial charge in [-0.15, -0.1) is 0 Å². The molecule has 0 aliphatic carbocycles. The lowest BCUT2D eigenvalue weighted by Crippen LogP contribution is -2.36. The molecule has 0 spiro atoms. The molecule has 0 fully saturated rings. The zero-order chi connectivity index (χ0) is 15.3. The second-order valence-corrected chi connectivity index (χ2v) is 6.18. The van der Waals surface area contributed by atoms with Crippen LogP contribution in [0.1, 0.15) is 32.8 Å². The van der Waals surface area contributed by atoms with E-state index in [4.69, 9.17) is 11.6 Å². The summed E-state index contributed by atoms with van der Waals surface area (Å²) >= 11 is 5.99. The fraction of sp³-hybridized carbons (Fsp3) is 0.467. The van der Waals surface area contributed by atoms with Gasteiger partial charge in [-0.3, -0.25) is 9.59 Å². The second kappa shape index (κ2) is 6.75. The Labute approximate surface area is 124 Å². The molecule has 0 aliphatic heterocycles. The topological polar surface area (TPSA) is 58.2 Å². The molecule has 0 aliphatic rings. The van der Waals surface area contributed by atoms with Crippen molar-refractivity contribution >= 4 is 29.1 Å². The molecule has 20 heavy (non-hydrogen) atoms. The Kier molecular flexibility index (Phi) is 5.57. The summed E-state index contributed by atoms with van der Waals surface area (Å²) in [6.45, 7) is 7.71. The SMILES string of the molecule is Cc1ccc(NC(=O)CCNC(=O)C(C)(C)C)cc1Cl. The van der Waals surface area contributed by atoms with Gasteiger partial charge >= 0.3 is 0 Å². The van der Waals surface area contributed by atoms with E-state index >= 15 is 0 Å². The van der Waals surface area contributed by atoms with Crippen molar-refractivity contribution in [1.82, 2.24) is 5.32 Å². The van der Waals surface area contributed by atoms with Gasteiger partial charge in [0.2, 0.25) is 11.8 Å². The molecule has 2 amide bonds. The summed E-state index contributed by atoms with van der Waals surface area (Å²) in [5, 5.41) is 6.10. The van der Waals surface area contributed by atoms with Gasteiger partial charge in [-0.1, -0.05) is 38.4 Å². The van der Waals surface area contributed by atoms with Crippen LogP contribution in [0.3, 0.4) is 0 Å². The van der Waals surface area contributed by atoms with Crippen LogP contribution >= 0.6 is 11.6 Å². The first-order valence-electron chi connectivity index (χ1n) is 6.54. The second-order valence-electron chi connectivity index (χ2n) is 5.77. The van der Waals surface area contributed by atoms with E-state index in [2.05, 4.69) is 10.6 Å². The molecule has 1 aromatic carbocycles. The highest BCUT2D eigenvalue weighted by molar-refractivity contribution is 6.31. The number of rotatable bonds is 4. The normalized spacial score (nSPS) is 11.1. The maximum Gasteiger partial charge on any atom is 0.226 e. The van der Waals surface area contributed by atoms with Gasteiger partial charge in [0.25, 0.3) is 0 Å². The molecule has 0 radical (unpaired) electrons. The van der Waals surface area contributed by atoms with Crippen molar-refractivity contribution in [3.63, 3.8) is 0 Å². The van der Waals surface area contributed by atoms with Crippen molar-refractivity contribution in [1.29, 1.82) is 0 Å². The van der Waals surface area contributed by atoms with Gasteiger partial charge < -0.3 is 10.6 Å². The highest BCUT2D eigenvalue weighted by atomic mass is 35.5. The van der Waals surface area contributed by atoms with E-state index in [1.807, 2.05) is 33.8 Å². The van der Waals surface area contributed by atoms with Crippen LogP contribution in [0.4, 0.5) is 5.69 Å². The third-order valence-corrected chi connectivity index (χ3v) is 3.18. The maximum atomic E-state index is 11.7. The molecule has 0 bridgehead atoms. The van der Waals surface area contributed by atoms with E-state index in [-0.39, 0.29) is 18.2 Å².